The van der Waals surface area contributed by atoms with E-state index in [1.165, 1.54) is 18.4 Å². The van der Waals surface area contributed by atoms with E-state index in [9.17, 15) is 0 Å². The summed E-state index contributed by atoms with van der Waals surface area (Å²) >= 11 is 2.16. The van der Waals surface area contributed by atoms with Crippen molar-refractivity contribution in [2.45, 2.75) is 26.2 Å². The maximum Gasteiger partial charge on any atom is 0.321 e. The first-order valence-electron chi connectivity index (χ1n) is 6.02. The van der Waals surface area contributed by atoms with Crippen LogP contribution in [0.2, 0.25) is 0 Å². The third-order valence-electron chi connectivity index (χ3n) is 2.55. The fraction of sp³-hybridized carbons (Fsp3) is 0.286. The maximum atomic E-state index is 5.57. The summed E-state index contributed by atoms with van der Waals surface area (Å²) in [6.45, 7) is 2.20. The Morgan fingerprint density at radius 3 is 2.39 bits per heavy atom. The number of unbranched alkanes of at least 4 members (excludes halogenated alkanes) is 1. The molecule has 0 atom stereocenters. The molecule has 0 unspecified atom stereocenters. The van der Waals surface area contributed by atoms with E-state index in [2.05, 4.69) is 51.6 Å². The fourth-order valence-electron chi connectivity index (χ4n) is 1.56. The van der Waals surface area contributed by atoms with Gasteiger partial charge in [0.2, 0.25) is 0 Å². The SMILES string of the molecule is CCCCc1ccc(Oc2ncc(I)cn2)cc1. The first-order chi connectivity index (χ1) is 8.78. The average Bonchev–Trinajstić information content (AvgIpc) is 2.41. The molecule has 1 aromatic carbocycles. The first-order valence-corrected chi connectivity index (χ1v) is 7.10. The van der Waals surface area contributed by atoms with Crippen LogP contribution in [0.5, 0.6) is 11.8 Å². The summed E-state index contributed by atoms with van der Waals surface area (Å²) < 4.78 is 6.56. The van der Waals surface area contributed by atoms with Gasteiger partial charge in [-0.25, -0.2) is 9.97 Å². The van der Waals surface area contributed by atoms with E-state index in [0.717, 1.165) is 15.7 Å². The molecule has 2 aromatic rings. The van der Waals surface area contributed by atoms with Crippen LogP contribution in [-0.2, 0) is 6.42 Å². The number of rotatable bonds is 5. The van der Waals surface area contributed by atoms with E-state index < -0.39 is 0 Å². The van der Waals surface area contributed by atoms with Crippen molar-refractivity contribution < 1.29 is 4.74 Å². The Hall–Kier alpha value is -1.17. The number of ether oxygens (including phenoxy) is 1. The highest BCUT2D eigenvalue weighted by molar-refractivity contribution is 14.1. The van der Waals surface area contributed by atoms with Gasteiger partial charge in [-0.1, -0.05) is 25.5 Å². The molecule has 0 fully saturated rings. The van der Waals surface area contributed by atoms with Gasteiger partial charge in [0.05, 0.1) is 0 Å². The van der Waals surface area contributed by atoms with Crippen molar-refractivity contribution in [2.75, 3.05) is 0 Å². The topological polar surface area (TPSA) is 35.0 Å². The summed E-state index contributed by atoms with van der Waals surface area (Å²) in [5.74, 6) is 0.774. The number of hydrogen-bond acceptors (Lipinski definition) is 3. The van der Waals surface area contributed by atoms with Gasteiger partial charge in [0.1, 0.15) is 5.75 Å². The minimum absolute atomic E-state index is 0.386. The number of halogens is 1. The van der Waals surface area contributed by atoms with Gasteiger partial charge in [0.25, 0.3) is 0 Å². The molecule has 0 saturated carbocycles. The lowest BCUT2D eigenvalue weighted by Crippen LogP contribution is -1.92. The highest BCUT2D eigenvalue weighted by Crippen LogP contribution is 2.19. The second-order valence-corrected chi connectivity index (χ2v) is 5.28. The van der Waals surface area contributed by atoms with E-state index in [0.29, 0.717) is 6.01 Å². The van der Waals surface area contributed by atoms with Gasteiger partial charge in [-0.15, -0.1) is 0 Å². The second-order valence-electron chi connectivity index (χ2n) is 4.03. The first kappa shape index (κ1) is 13.3. The van der Waals surface area contributed by atoms with Crippen molar-refractivity contribution in [2.24, 2.45) is 0 Å². The highest BCUT2D eigenvalue weighted by Gasteiger charge is 2.00. The number of aromatic nitrogens is 2. The Balaban J connectivity index is 1.99. The van der Waals surface area contributed by atoms with Gasteiger partial charge in [-0.3, -0.25) is 0 Å². The Morgan fingerprint density at radius 2 is 1.78 bits per heavy atom. The minimum atomic E-state index is 0.386. The van der Waals surface area contributed by atoms with Crippen LogP contribution in [0.25, 0.3) is 0 Å². The smallest absolute Gasteiger partial charge is 0.321 e. The van der Waals surface area contributed by atoms with Crippen LogP contribution in [0.15, 0.2) is 36.7 Å². The molecule has 0 aliphatic heterocycles. The van der Waals surface area contributed by atoms with Crippen LogP contribution < -0.4 is 4.74 Å². The quantitative estimate of drug-likeness (QED) is 0.755. The molecule has 0 saturated heterocycles. The Bertz CT molecular complexity index is 482. The lowest BCUT2D eigenvalue weighted by Gasteiger charge is -2.05. The van der Waals surface area contributed by atoms with Crippen molar-refractivity contribution in [3.8, 4) is 11.8 Å². The van der Waals surface area contributed by atoms with Crippen molar-refractivity contribution in [3.63, 3.8) is 0 Å². The third-order valence-corrected chi connectivity index (χ3v) is 3.11. The molecule has 0 radical (unpaired) electrons. The van der Waals surface area contributed by atoms with E-state index in [4.69, 9.17) is 4.74 Å². The zero-order valence-electron chi connectivity index (χ0n) is 10.3. The van der Waals surface area contributed by atoms with Gasteiger partial charge in [-0.05, 0) is 53.1 Å². The van der Waals surface area contributed by atoms with Gasteiger partial charge in [0.15, 0.2) is 0 Å². The fourth-order valence-corrected chi connectivity index (χ4v) is 1.84. The number of aryl methyl sites for hydroxylation is 1. The highest BCUT2D eigenvalue weighted by atomic mass is 127. The monoisotopic (exact) mass is 354 g/mol. The van der Waals surface area contributed by atoms with Crippen LogP contribution in [-0.4, -0.2) is 9.97 Å². The van der Waals surface area contributed by atoms with Crippen LogP contribution in [0.1, 0.15) is 25.3 Å². The molecule has 0 spiro atoms. The van der Waals surface area contributed by atoms with E-state index in [1.807, 2.05) is 12.1 Å². The molecule has 0 aliphatic rings. The predicted molar refractivity (Wildman–Crippen MR) is 79.9 cm³/mol. The Labute approximate surface area is 121 Å². The standard InChI is InChI=1S/C14H15IN2O/c1-2-3-4-11-5-7-13(8-6-11)18-14-16-9-12(15)10-17-14/h5-10H,2-4H2,1H3. The molecular weight excluding hydrogens is 339 g/mol. The summed E-state index contributed by atoms with van der Waals surface area (Å²) in [7, 11) is 0. The van der Waals surface area contributed by atoms with E-state index in [1.54, 1.807) is 12.4 Å². The van der Waals surface area contributed by atoms with Crippen molar-refractivity contribution in [1.29, 1.82) is 0 Å². The molecule has 18 heavy (non-hydrogen) atoms. The lowest BCUT2D eigenvalue weighted by molar-refractivity contribution is 0.441. The Kier molecular flexibility index (Phi) is 4.92. The molecule has 0 bridgehead atoms. The van der Waals surface area contributed by atoms with E-state index >= 15 is 0 Å². The number of hydrogen-bond donors (Lipinski definition) is 0. The molecule has 0 aliphatic carbocycles. The van der Waals surface area contributed by atoms with Gasteiger partial charge >= 0.3 is 6.01 Å². The van der Waals surface area contributed by atoms with Crippen LogP contribution in [0, 0.1) is 3.57 Å². The molecule has 1 heterocycles. The normalized spacial score (nSPS) is 10.3. The zero-order valence-corrected chi connectivity index (χ0v) is 12.4. The van der Waals surface area contributed by atoms with Gasteiger partial charge < -0.3 is 4.74 Å². The predicted octanol–water partition coefficient (Wildman–Crippen LogP) is 4.22. The Morgan fingerprint density at radius 1 is 1.11 bits per heavy atom. The second kappa shape index (κ2) is 6.68. The summed E-state index contributed by atoms with van der Waals surface area (Å²) in [4.78, 5) is 8.21. The number of nitrogens with zero attached hydrogens (tertiary/aromatic N) is 2. The van der Waals surface area contributed by atoms with Crippen LogP contribution in [0.4, 0.5) is 0 Å². The largest absolute Gasteiger partial charge is 0.424 e. The summed E-state index contributed by atoms with van der Waals surface area (Å²) in [6, 6.07) is 8.50. The third kappa shape index (κ3) is 3.94. The summed E-state index contributed by atoms with van der Waals surface area (Å²) in [6.07, 6.45) is 7.03. The molecule has 4 heteroatoms. The molecule has 1 aromatic heterocycles. The summed E-state index contributed by atoms with van der Waals surface area (Å²) in [5.41, 5.74) is 1.34. The maximum absolute atomic E-state index is 5.57. The van der Waals surface area contributed by atoms with Crippen molar-refractivity contribution in [1.82, 2.24) is 9.97 Å². The van der Waals surface area contributed by atoms with Crippen molar-refractivity contribution >= 4 is 22.6 Å². The summed E-state index contributed by atoms with van der Waals surface area (Å²) in [5, 5.41) is 0. The van der Waals surface area contributed by atoms with Crippen LogP contribution >= 0.6 is 22.6 Å². The van der Waals surface area contributed by atoms with Crippen molar-refractivity contribution in [3.05, 3.63) is 45.8 Å². The number of benzene rings is 1. The molecular formula is C14H15IN2O. The molecule has 2 rings (SSSR count). The molecule has 3 nitrogen and oxygen atoms in total. The van der Waals surface area contributed by atoms with E-state index in [-0.39, 0.29) is 0 Å². The molecule has 94 valence electrons. The zero-order chi connectivity index (χ0) is 12.8. The van der Waals surface area contributed by atoms with Gasteiger partial charge in [-0.2, -0.15) is 0 Å². The van der Waals surface area contributed by atoms with Crippen LogP contribution in [0.3, 0.4) is 0 Å². The lowest BCUT2D eigenvalue weighted by atomic mass is 10.1. The molecule has 0 N–H and O–H groups in total. The molecule has 0 amide bonds. The minimum Gasteiger partial charge on any atom is -0.424 e. The van der Waals surface area contributed by atoms with Gasteiger partial charge in [0, 0.05) is 16.0 Å². The average molecular weight is 354 g/mol.